The summed E-state index contributed by atoms with van der Waals surface area (Å²) in [5, 5.41) is 2.22. The van der Waals surface area contributed by atoms with E-state index in [1.54, 1.807) is 11.3 Å². The van der Waals surface area contributed by atoms with Crippen molar-refractivity contribution < 1.29 is 17.5 Å². The van der Waals surface area contributed by atoms with E-state index in [9.17, 15) is 8.42 Å². The Bertz CT molecular complexity index is 1280. The van der Waals surface area contributed by atoms with Crippen molar-refractivity contribution in [2.75, 3.05) is 5.75 Å². The van der Waals surface area contributed by atoms with Gasteiger partial charge in [-0.15, -0.1) is 0 Å². The molecule has 2 heterocycles. The van der Waals surface area contributed by atoms with Crippen LogP contribution in [-0.4, -0.2) is 23.7 Å². The molecule has 0 aliphatic heterocycles. The fourth-order valence-corrected chi connectivity index (χ4v) is 5.06. The lowest BCUT2D eigenvalue weighted by atomic mass is 10.1. The average molecular weight is 414 g/mol. The van der Waals surface area contributed by atoms with Gasteiger partial charge in [-0.3, -0.25) is 4.55 Å². The molecule has 2 aromatic heterocycles. The molecule has 0 amide bonds. The van der Waals surface area contributed by atoms with E-state index in [2.05, 4.69) is 46.8 Å². The predicted octanol–water partition coefficient (Wildman–Crippen LogP) is 4.43. The zero-order chi connectivity index (χ0) is 19.7. The normalized spacial score (nSPS) is 12.5. The number of aromatic amines is 1. The summed E-state index contributed by atoms with van der Waals surface area (Å²) in [6.07, 6.45) is 4.55. The first kappa shape index (κ1) is 18.9. The van der Waals surface area contributed by atoms with E-state index in [-0.39, 0.29) is 5.75 Å². The van der Waals surface area contributed by atoms with E-state index in [0.717, 1.165) is 32.0 Å². The van der Waals surface area contributed by atoms with Crippen molar-refractivity contribution in [2.45, 2.75) is 19.9 Å². The van der Waals surface area contributed by atoms with Crippen LogP contribution >= 0.6 is 11.3 Å². The average Bonchev–Trinajstić information content (AvgIpc) is 3.16. The molecule has 0 atom stereocenters. The second-order valence-electron chi connectivity index (χ2n) is 6.74. The number of benzene rings is 2. The number of hydrogen-bond acceptors (Lipinski definition) is 3. The zero-order valence-corrected chi connectivity index (χ0v) is 17.1. The lowest BCUT2D eigenvalue weighted by molar-refractivity contribution is -0.668. The molecule has 144 valence electrons. The van der Waals surface area contributed by atoms with Gasteiger partial charge < -0.3 is 4.98 Å². The molecule has 0 aliphatic rings. The van der Waals surface area contributed by atoms with Crippen molar-refractivity contribution in [3.05, 3.63) is 64.8 Å². The maximum Gasteiger partial charge on any atom is 0.265 e. The van der Waals surface area contributed by atoms with Crippen LogP contribution in [0.1, 0.15) is 22.7 Å². The van der Waals surface area contributed by atoms with E-state index < -0.39 is 10.1 Å². The van der Waals surface area contributed by atoms with Crippen LogP contribution in [0.25, 0.3) is 33.3 Å². The van der Waals surface area contributed by atoms with Crippen LogP contribution in [0.5, 0.6) is 0 Å². The molecule has 0 spiro atoms. The lowest BCUT2D eigenvalue weighted by Gasteiger charge is -1.98. The van der Waals surface area contributed by atoms with Crippen molar-refractivity contribution in [3.8, 4) is 0 Å². The smallest absolute Gasteiger partial charge is 0.265 e. The highest BCUT2D eigenvalue weighted by Gasteiger charge is 2.19. The van der Waals surface area contributed by atoms with Gasteiger partial charge in [0.15, 0.2) is 6.54 Å². The van der Waals surface area contributed by atoms with Crippen LogP contribution < -0.4 is 4.57 Å². The summed E-state index contributed by atoms with van der Waals surface area (Å²) in [4.78, 5) is 3.41. The molecule has 4 aromatic rings. The van der Waals surface area contributed by atoms with E-state index in [4.69, 9.17) is 4.55 Å². The maximum atomic E-state index is 11.1. The highest BCUT2D eigenvalue weighted by Crippen LogP contribution is 2.26. The molecule has 4 rings (SSSR count). The standard InChI is InChI=1S/C21H20N2O3S2/c1-15-16(17-7-2-3-8-18(17)22-15)11-12-21-23(13-6-14-28(24,25)26)19-9-4-5-10-20(19)27-21/h2-5,7-12H,6,13-14H2,1H3,(H,24,25,26)/p+1. The lowest BCUT2D eigenvalue weighted by Crippen LogP contribution is -2.35. The summed E-state index contributed by atoms with van der Waals surface area (Å²) < 4.78 is 34.5. The quantitative estimate of drug-likeness (QED) is 0.363. The van der Waals surface area contributed by atoms with Gasteiger partial charge in [-0.1, -0.05) is 41.7 Å². The van der Waals surface area contributed by atoms with Gasteiger partial charge >= 0.3 is 0 Å². The third-order valence-corrected chi connectivity index (χ3v) is 6.69. The molecule has 5 nitrogen and oxygen atoms in total. The first-order chi connectivity index (χ1) is 13.4. The Morgan fingerprint density at radius 1 is 1.11 bits per heavy atom. The SMILES string of the molecule is Cc1[nH]c2ccccc2c1/C=C/c1sc2ccccc2[n+]1CCCS(=O)(=O)O. The fourth-order valence-electron chi connectivity index (χ4n) is 3.48. The summed E-state index contributed by atoms with van der Waals surface area (Å²) in [5.74, 6) is -0.241. The Labute approximate surface area is 167 Å². The van der Waals surface area contributed by atoms with Crippen molar-refractivity contribution in [1.82, 2.24) is 4.98 Å². The predicted molar refractivity (Wildman–Crippen MR) is 115 cm³/mol. The molecule has 0 aliphatic carbocycles. The molecular weight excluding hydrogens is 392 g/mol. The molecule has 0 unspecified atom stereocenters. The summed E-state index contributed by atoms with van der Waals surface area (Å²) >= 11 is 1.67. The minimum absolute atomic E-state index is 0.241. The number of nitrogens with zero attached hydrogens (tertiary/aromatic N) is 1. The van der Waals surface area contributed by atoms with Gasteiger partial charge in [0.2, 0.25) is 5.52 Å². The van der Waals surface area contributed by atoms with Crippen LogP contribution in [0.4, 0.5) is 0 Å². The van der Waals surface area contributed by atoms with Crippen LogP contribution in [0.2, 0.25) is 0 Å². The van der Waals surface area contributed by atoms with Gasteiger partial charge in [0.1, 0.15) is 4.70 Å². The zero-order valence-electron chi connectivity index (χ0n) is 15.4. The van der Waals surface area contributed by atoms with E-state index in [1.165, 1.54) is 5.39 Å². The number of aromatic nitrogens is 2. The van der Waals surface area contributed by atoms with Gasteiger partial charge in [0.05, 0.1) is 5.75 Å². The Kier molecular flexibility index (Phi) is 5.05. The summed E-state index contributed by atoms with van der Waals surface area (Å²) in [6, 6.07) is 16.3. The highest BCUT2D eigenvalue weighted by molar-refractivity contribution is 7.85. The molecule has 0 fully saturated rings. The monoisotopic (exact) mass is 413 g/mol. The molecule has 0 saturated heterocycles. The molecule has 2 N–H and O–H groups in total. The minimum atomic E-state index is -3.95. The number of H-pyrrole nitrogens is 1. The Hall–Kier alpha value is -2.48. The number of para-hydroxylation sites is 2. The molecule has 0 saturated carbocycles. The van der Waals surface area contributed by atoms with Crippen molar-refractivity contribution in [1.29, 1.82) is 0 Å². The van der Waals surface area contributed by atoms with Gasteiger partial charge in [0.25, 0.3) is 15.1 Å². The highest BCUT2D eigenvalue weighted by atomic mass is 32.2. The van der Waals surface area contributed by atoms with Crippen LogP contribution in [0.3, 0.4) is 0 Å². The van der Waals surface area contributed by atoms with Gasteiger partial charge in [-0.2, -0.15) is 13.0 Å². The maximum absolute atomic E-state index is 11.1. The Balaban J connectivity index is 1.72. The first-order valence-electron chi connectivity index (χ1n) is 9.04. The van der Waals surface area contributed by atoms with Crippen LogP contribution in [-0.2, 0) is 16.7 Å². The molecule has 28 heavy (non-hydrogen) atoms. The van der Waals surface area contributed by atoms with E-state index >= 15 is 0 Å². The van der Waals surface area contributed by atoms with Gasteiger partial charge in [0, 0.05) is 40.7 Å². The second-order valence-corrected chi connectivity index (χ2v) is 9.38. The third kappa shape index (κ3) is 3.87. The molecule has 7 heteroatoms. The second kappa shape index (κ2) is 7.50. The van der Waals surface area contributed by atoms with Crippen molar-refractivity contribution in [3.63, 3.8) is 0 Å². The number of rotatable bonds is 6. The largest absolute Gasteiger partial charge is 0.358 e. The third-order valence-electron chi connectivity index (χ3n) is 4.76. The molecule has 0 bridgehead atoms. The molecule has 0 radical (unpaired) electrons. The molecule has 2 aromatic carbocycles. The Morgan fingerprint density at radius 3 is 2.68 bits per heavy atom. The number of thiazole rings is 1. The van der Waals surface area contributed by atoms with Crippen molar-refractivity contribution in [2.24, 2.45) is 0 Å². The summed E-state index contributed by atoms with van der Waals surface area (Å²) in [6.45, 7) is 2.58. The van der Waals surface area contributed by atoms with E-state index in [0.29, 0.717) is 13.0 Å². The number of hydrogen-bond donors (Lipinski definition) is 2. The Morgan fingerprint density at radius 2 is 1.86 bits per heavy atom. The number of aryl methyl sites for hydroxylation is 2. The van der Waals surface area contributed by atoms with Crippen LogP contribution in [0.15, 0.2) is 48.5 Å². The summed E-state index contributed by atoms with van der Waals surface area (Å²) in [7, 11) is -3.95. The van der Waals surface area contributed by atoms with E-state index in [1.807, 2.05) is 30.3 Å². The first-order valence-corrected chi connectivity index (χ1v) is 11.5. The minimum Gasteiger partial charge on any atom is -0.358 e. The molecular formula is C21H21N2O3S2+. The van der Waals surface area contributed by atoms with Gasteiger partial charge in [-0.25, -0.2) is 0 Å². The van der Waals surface area contributed by atoms with Crippen molar-refractivity contribution >= 4 is 54.7 Å². The van der Waals surface area contributed by atoms with Gasteiger partial charge in [-0.05, 0) is 25.1 Å². The van der Waals surface area contributed by atoms with Crippen LogP contribution in [0, 0.1) is 6.92 Å². The number of fused-ring (bicyclic) bond motifs is 2. The number of nitrogens with one attached hydrogen (secondary N) is 1. The fraction of sp³-hybridized carbons (Fsp3) is 0.190. The summed E-state index contributed by atoms with van der Waals surface area (Å²) in [5.41, 5.74) is 4.43. The topological polar surface area (TPSA) is 74.0 Å².